The molecule has 7 heteroatoms. The summed E-state index contributed by atoms with van der Waals surface area (Å²) in [6.45, 7) is 1.92. The summed E-state index contributed by atoms with van der Waals surface area (Å²) in [5.74, 6) is 0. The molecule has 90 valence electrons. The molecule has 0 spiro atoms. The SMILES string of the molecule is C[C@@H](N)c1ccc(Sc2nnnn2C)c(Cl)c1. The highest BCUT2D eigenvalue weighted by Crippen LogP contribution is 2.32. The van der Waals surface area contributed by atoms with Crippen molar-refractivity contribution in [3.63, 3.8) is 0 Å². The van der Waals surface area contributed by atoms with Crippen LogP contribution in [-0.2, 0) is 7.05 Å². The van der Waals surface area contributed by atoms with Crippen molar-refractivity contribution < 1.29 is 0 Å². The average molecular weight is 270 g/mol. The van der Waals surface area contributed by atoms with E-state index >= 15 is 0 Å². The van der Waals surface area contributed by atoms with Crippen LogP contribution in [-0.4, -0.2) is 20.2 Å². The molecule has 0 fully saturated rings. The van der Waals surface area contributed by atoms with E-state index < -0.39 is 0 Å². The van der Waals surface area contributed by atoms with Crippen molar-refractivity contribution in [3.8, 4) is 0 Å². The van der Waals surface area contributed by atoms with Crippen LogP contribution in [0.4, 0.5) is 0 Å². The molecule has 2 aromatic rings. The molecule has 1 heterocycles. The van der Waals surface area contributed by atoms with E-state index in [9.17, 15) is 0 Å². The molecule has 0 saturated heterocycles. The van der Waals surface area contributed by atoms with Gasteiger partial charge >= 0.3 is 0 Å². The van der Waals surface area contributed by atoms with Gasteiger partial charge in [-0.25, -0.2) is 4.68 Å². The van der Waals surface area contributed by atoms with Crippen molar-refractivity contribution >= 4 is 23.4 Å². The Morgan fingerprint density at radius 3 is 2.76 bits per heavy atom. The monoisotopic (exact) mass is 269 g/mol. The van der Waals surface area contributed by atoms with E-state index in [1.54, 1.807) is 11.7 Å². The molecule has 1 aromatic heterocycles. The highest BCUT2D eigenvalue weighted by molar-refractivity contribution is 7.99. The fraction of sp³-hybridized carbons (Fsp3) is 0.300. The fourth-order valence-corrected chi connectivity index (χ4v) is 2.33. The second-order valence-corrected chi connectivity index (χ2v) is 5.08. The number of hydrogen-bond donors (Lipinski definition) is 1. The topological polar surface area (TPSA) is 69.6 Å². The van der Waals surface area contributed by atoms with Crippen LogP contribution in [0, 0.1) is 0 Å². The summed E-state index contributed by atoms with van der Waals surface area (Å²) in [5, 5.41) is 12.6. The normalized spacial score (nSPS) is 12.7. The zero-order valence-corrected chi connectivity index (χ0v) is 11.0. The second-order valence-electron chi connectivity index (χ2n) is 3.67. The summed E-state index contributed by atoms with van der Waals surface area (Å²) in [6, 6.07) is 5.74. The van der Waals surface area contributed by atoms with E-state index in [4.69, 9.17) is 17.3 Å². The lowest BCUT2D eigenvalue weighted by Gasteiger charge is -2.08. The average Bonchev–Trinajstić information content (AvgIpc) is 2.67. The number of nitrogens with zero attached hydrogens (tertiary/aromatic N) is 4. The molecular formula is C10H12ClN5S. The second kappa shape index (κ2) is 5.03. The predicted octanol–water partition coefficient (Wildman–Crippen LogP) is 2.03. The molecule has 2 rings (SSSR count). The molecule has 0 aliphatic carbocycles. The van der Waals surface area contributed by atoms with Gasteiger partial charge in [0, 0.05) is 18.0 Å². The molecule has 0 aliphatic heterocycles. The Labute approximate surface area is 108 Å². The zero-order chi connectivity index (χ0) is 12.4. The van der Waals surface area contributed by atoms with Crippen molar-refractivity contribution in [2.24, 2.45) is 12.8 Å². The van der Waals surface area contributed by atoms with Gasteiger partial charge in [0.1, 0.15) is 0 Å². The van der Waals surface area contributed by atoms with E-state index in [2.05, 4.69) is 15.5 Å². The summed E-state index contributed by atoms with van der Waals surface area (Å²) < 4.78 is 1.60. The van der Waals surface area contributed by atoms with Crippen LogP contribution in [0.5, 0.6) is 0 Å². The molecule has 0 aliphatic rings. The van der Waals surface area contributed by atoms with Crippen LogP contribution in [0.3, 0.4) is 0 Å². The number of nitrogens with two attached hydrogens (primary N) is 1. The van der Waals surface area contributed by atoms with Gasteiger partial charge in [0.2, 0.25) is 5.16 Å². The molecule has 0 amide bonds. The van der Waals surface area contributed by atoms with Gasteiger partial charge < -0.3 is 5.73 Å². The lowest BCUT2D eigenvalue weighted by molar-refractivity contribution is 0.664. The van der Waals surface area contributed by atoms with Crippen molar-refractivity contribution in [1.82, 2.24) is 20.2 Å². The van der Waals surface area contributed by atoms with Crippen molar-refractivity contribution in [2.45, 2.75) is 23.0 Å². The number of tetrazole rings is 1. The van der Waals surface area contributed by atoms with E-state index in [-0.39, 0.29) is 6.04 Å². The Kier molecular flexibility index (Phi) is 3.66. The first-order valence-electron chi connectivity index (χ1n) is 5.03. The lowest BCUT2D eigenvalue weighted by Crippen LogP contribution is -2.04. The van der Waals surface area contributed by atoms with Gasteiger partial charge in [0.25, 0.3) is 0 Å². The number of rotatable bonds is 3. The maximum absolute atomic E-state index is 6.19. The van der Waals surface area contributed by atoms with Gasteiger partial charge in [-0.1, -0.05) is 17.7 Å². The fourth-order valence-electron chi connectivity index (χ4n) is 1.29. The van der Waals surface area contributed by atoms with E-state index in [0.29, 0.717) is 10.2 Å². The molecule has 2 N–H and O–H groups in total. The highest BCUT2D eigenvalue weighted by Gasteiger charge is 2.09. The molecule has 5 nitrogen and oxygen atoms in total. The first kappa shape index (κ1) is 12.3. The predicted molar refractivity (Wildman–Crippen MR) is 67.0 cm³/mol. The molecule has 1 atom stereocenters. The number of aryl methyl sites for hydroxylation is 1. The standard InChI is InChI=1S/C10H12ClN5S/c1-6(12)7-3-4-9(8(11)5-7)17-10-13-14-15-16(10)2/h3-6H,12H2,1-2H3/t6-/m1/s1. The Bertz CT molecular complexity index is 525. The maximum atomic E-state index is 6.19. The van der Waals surface area contributed by atoms with Gasteiger partial charge in [0.15, 0.2) is 0 Å². The van der Waals surface area contributed by atoms with Crippen LogP contribution in [0.2, 0.25) is 5.02 Å². The van der Waals surface area contributed by atoms with Gasteiger partial charge in [-0.05, 0) is 46.8 Å². The van der Waals surface area contributed by atoms with Gasteiger partial charge in [-0.2, -0.15) is 0 Å². The van der Waals surface area contributed by atoms with Gasteiger partial charge in [-0.15, -0.1) is 5.10 Å². The van der Waals surface area contributed by atoms with Crippen LogP contribution in [0.25, 0.3) is 0 Å². The molecule has 0 bridgehead atoms. The number of halogens is 1. The largest absolute Gasteiger partial charge is 0.324 e. The number of aromatic nitrogens is 4. The minimum Gasteiger partial charge on any atom is -0.324 e. The quantitative estimate of drug-likeness (QED) is 0.923. The van der Waals surface area contributed by atoms with Crippen LogP contribution in [0.15, 0.2) is 28.3 Å². The minimum atomic E-state index is -0.0250. The molecule has 17 heavy (non-hydrogen) atoms. The summed E-state index contributed by atoms with van der Waals surface area (Å²) in [4.78, 5) is 0.911. The Morgan fingerprint density at radius 1 is 1.47 bits per heavy atom. The summed E-state index contributed by atoms with van der Waals surface area (Å²) in [6.07, 6.45) is 0. The van der Waals surface area contributed by atoms with Gasteiger partial charge in [-0.3, -0.25) is 0 Å². The maximum Gasteiger partial charge on any atom is 0.213 e. The Balaban J connectivity index is 2.26. The molecule has 0 radical (unpaired) electrons. The van der Waals surface area contributed by atoms with Crippen molar-refractivity contribution in [2.75, 3.05) is 0 Å². The Hall–Kier alpha value is -1.11. The van der Waals surface area contributed by atoms with E-state index in [1.807, 2.05) is 25.1 Å². The third kappa shape index (κ3) is 2.77. The molecule has 0 saturated carbocycles. The van der Waals surface area contributed by atoms with Crippen LogP contribution >= 0.6 is 23.4 Å². The highest BCUT2D eigenvalue weighted by atomic mass is 35.5. The smallest absolute Gasteiger partial charge is 0.213 e. The minimum absolute atomic E-state index is 0.0250. The van der Waals surface area contributed by atoms with Gasteiger partial charge in [0.05, 0.1) is 5.02 Å². The van der Waals surface area contributed by atoms with Crippen molar-refractivity contribution in [3.05, 3.63) is 28.8 Å². The summed E-state index contributed by atoms with van der Waals surface area (Å²) in [5.41, 5.74) is 6.80. The van der Waals surface area contributed by atoms with E-state index in [0.717, 1.165) is 10.5 Å². The lowest BCUT2D eigenvalue weighted by atomic mass is 10.1. The Morgan fingerprint density at radius 2 is 2.24 bits per heavy atom. The first-order valence-corrected chi connectivity index (χ1v) is 6.22. The van der Waals surface area contributed by atoms with E-state index in [1.165, 1.54) is 11.8 Å². The summed E-state index contributed by atoms with van der Waals surface area (Å²) in [7, 11) is 1.78. The van der Waals surface area contributed by atoms with Crippen molar-refractivity contribution in [1.29, 1.82) is 0 Å². The first-order chi connectivity index (χ1) is 8.08. The number of benzene rings is 1. The van der Waals surface area contributed by atoms with Crippen LogP contribution in [0.1, 0.15) is 18.5 Å². The molecular weight excluding hydrogens is 258 g/mol. The third-order valence-corrected chi connectivity index (χ3v) is 3.79. The zero-order valence-electron chi connectivity index (χ0n) is 9.46. The third-order valence-electron chi connectivity index (χ3n) is 2.26. The van der Waals surface area contributed by atoms with Crippen LogP contribution < -0.4 is 5.73 Å². The molecule has 1 aromatic carbocycles. The summed E-state index contributed by atoms with van der Waals surface area (Å²) >= 11 is 7.61. The number of hydrogen-bond acceptors (Lipinski definition) is 5. The molecule has 0 unspecified atom stereocenters.